The zero-order valence-electron chi connectivity index (χ0n) is 11.5. The van der Waals surface area contributed by atoms with E-state index < -0.39 is 11.7 Å². The molecule has 0 radical (unpaired) electrons. The minimum atomic E-state index is -4.52. The Hall–Kier alpha value is -1.52. The molecule has 0 N–H and O–H groups in total. The predicted octanol–water partition coefficient (Wildman–Crippen LogP) is 4.14. The quantitative estimate of drug-likeness (QED) is 0.768. The van der Waals surface area contributed by atoms with Gasteiger partial charge in [-0.25, -0.2) is 0 Å². The van der Waals surface area contributed by atoms with Crippen LogP contribution in [0.1, 0.15) is 43.1 Å². The fourth-order valence-electron chi connectivity index (χ4n) is 1.69. The first kappa shape index (κ1) is 15.5. The molecular formula is C14H18F3NO. The Balaban J connectivity index is 3.30. The van der Waals surface area contributed by atoms with Crippen molar-refractivity contribution in [3.05, 3.63) is 29.3 Å². The lowest BCUT2D eigenvalue weighted by Crippen LogP contribution is -2.40. The molecule has 5 heteroatoms. The molecule has 0 heterocycles. The van der Waals surface area contributed by atoms with Crippen LogP contribution in [0.15, 0.2) is 18.2 Å². The van der Waals surface area contributed by atoms with Crippen LogP contribution in [0.25, 0.3) is 0 Å². The molecule has 1 rings (SSSR count). The molecule has 0 saturated carbocycles. The molecule has 0 unspecified atom stereocenters. The van der Waals surface area contributed by atoms with Gasteiger partial charge in [0.25, 0.3) is 0 Å². The number of hydrogen-bond acceptors (Lipinski definition) is 2. The number of anilines is 1. The molecule has 2 nitrogen and oxygen atoms in total. The largest absolute Gasteiger partial charge is 0.417 e. The number of aldehydes is 1. The van der Waals surface area contributed by atoms with Crippen molar-refractivity contribution < 1.29 is 18.0 Å². The standard InChI is InChI=1S/C14H18F3NO/c1-5-13(2,3)18(4)11-7-6-10(9-19)12(8-11)14(15,16)17/h6-9H,5H2,1-4H3. The smallest absolute Gasteiger partial charge is 0.369 e. The maximum atomic E-state index is 12.9. The summed E-state index contributed by atoms with van der Waals surface area (Å²) in [7, 11) is 1.75. The summed E-state index contributed by atoms with van der Waals surface area (Å²) in [4.78, 5) is 12.5. The number of rotatable bonds is 4. The number of benzene rings is 1. The second-order valence-electron chi connectivity index (χ2n) is 5.11. The predicted molar refractivity (Wildman–Crippen MR) is 69.6 cm³/mol. The second kappa shape index (κ2) is 5.23. The van der Waals surface area contributed by atoms with Crippen molar-refractivity contribution in [1.82, 2.24) is 0 Å². The molecule has 0 aromatic heterocycles. The number of carbonyl (C=O) groups excluding carboxylic acids is 1. The van der Waals surface area contributed by atoms with E-state index in [-0.39, 0.29) is 17.4 Å². The Bertz CT molecular complexity index is 466. The molecule has 0 spiro atoms. The van der Waals surface area contributed by atoms with Crippen LogP contribution < -0.4 is 4.90 Å². The van der Waals surface area contributed by atoms with Gasteiger partial charge in [-0.15, -0.1) is 0 Å². The molecule has 0 atom stereocenters. The Morgan fingerprint density at radius 3 is 2.26 bits per heavy atom. The third-order valence-corrected chi connectivity index (χ3v) is 3.63. The summed E-state index contributed by atoms with van der Waals surface area (Å²) in [6.45, 7) is 5.88. The van der Waals surface area contributed by atoms with Crippen LogP contribution in [0.4, 0.5) is 18.9 Å². The fourth-order valence-corrected chi connectivity index (χ4v) is 1.69. The van der Waals surface area contributed by atoms with Crippen molar-refractivity contribution in [3.63, 3.8) is 0 Å². The van der Waals surface area contributed by atoms with Gasteiger partial charge in [0.15, 0.2) is 6.29 Å². The molecule has 106 valence electrons. The van der Waals surface area contributed by atoms with Gasteiger partial charge in [-0.3, -0.25) is 4.79 Å². The van der Waals surface area contributed by atoms with Crippen molar-refractivity contribution in [1.29, 1.82) is 0 Å². The molecule has 19 heavy (non-hydrogen) atoms. The van der Waals surface area contributed by atoms with E-state index in [0.29, 0.717) is 5.69 Å². The number of halogens is 3. The normalized spacial score (nSPS) is 12.4. The first-order valence-electron chi connectivity index (χ1n) is 6.03. The summed E-state index contributed by atoms with van der Waals surface area (Å²) in [6, 6.07) is 3.78. The molecule has 0 aliphatic heterocycles. The van der Waals surface area contributed by atoms with Gasteiger partial charge < -0.3 is 4.90 Å². The van der Waals surface area contributed by atoms with Crippen molar-refractivity contribution >= 4 is 12.0 Å². The summed E-state index contributed by atoms with van der Waals surface area (Å²) in [5.74, 6) is 0. The Kier molecular flexibility index (Phi) is 4.28. The summed E-state index contributed by atoms with van der Waals surface area (Å²) in [5, 5.41) is 0. The minimum Gasteiger partial charge on any atom is -0.369 e. The topological polar surface area (TPSA) is 20.3 Å². The molecule has 0 bridgehead atoms. The van der Waals surface area contributed by atoms with Crippen LogP contribution >= 0.6 is 0 Å². The van der Waals surface area contributed by atoms with Crippen LogP contribution in [0.3, 0.4) is 0 Å². The molecule has 1 aromatic rings. The molecule has 0 amide bonds. The average molecular weight is 273 g/mol. The van der Waals surface area contributed by atoms with Gasteiger partial charge in [-0.1, -0.05) is 6.92 Å². The maximum Gasteiger partial charge on any atom is 0.417 e. The van der Waals surface area contributed by atoms with E-state index in [4.69, 9.17) is 0 Å². The van der Waals surface area contributed by atoms with Gasteiger partial charge in [0.2, 0.25) is 0 Å². The highest BCUT2D eigenvalue weighted by Gasteiger charge is 2.34. The van der Waals surface area contributed by atoms with E-state index in [9.17, 15) is 18.0 Å². The van der Waals surface area contributed by atoms with Gasteiger partial charge in [-0.05, 0) is 38.5 Å². The highest BCUT2D eigenvalue weighted by atomic mass is 19.4. The monoisotopic (exact) mass is 273 g/mol. The Labute approximate surface area is 111 Å². The number of alkyl halides is 3. The van der Waals surface area contributed by atoms with Crippen LogP contribution in [0.2, 0.25) is 0 Å². The zero-order chi connectivity index (χ0) is 14.8. The number of hydrogen-bond donors (Lipinski definition) is 0. The average Bonchev–Trinajstić information content (AvgIpc) is 2.36. The van der Waals surface area contributed by atoms with Gasteiger partial charge in [0, 0.05) is 23.8 Å². The number of nitrogens with zero attached hydrogens (tertiary/aromatic N) is 1. The molecular weight excluding hydrogens is 255 g/mol. The summed E-state index contributed by atoms with van der Waals surface area (Å²) < 4.78 is 38.6. The van der Waals surface area contributed by atoms with Crippen LogP contribution in [0.5, 0.6) is 0 Å². The molecule has 1 aromatic carbocycles. The lowest BCUT2D eigenvalue weighted by Gasteiger charge is -2.37. The van der Waals surface area contributed by atoms with E-state index in [1.54, 1.807) is 11.9 Å². The van der Waals surface area contributed by atoms with Crippen molar-refractivity contribution in [3.8, 4) is 0 Å². The Morgan fingerprint density at radius 2 is 1.84 bits per heavy atom. The van der Waals surface area contributed by atoms with Gasteiger partial charge in [0.1, 0.15) is 0 Å². The Morgan fingerprint density at radius 1 is 1.26 bits per heavy atom. The second-order valence-corrected chi connectivity index (χ2v) is 5.11. The number of carbonyl (C=O) groups is 1. The van der Waals surface area contributed by atoms with Crippen LogP contribution in [-0.4, -0.2) is 18.9 Å². The lowest BCUT2D eigenvalue weighted by atomic mass is 9.98. The summed E-state index contributed by atoms with van der Waals surface area (Å²) in [5.41, 5.74) is -1.03. The van der Waals surface area contributed by atoms with Crippen LogP contribution in [-0.2, 0) is 6.18 Å². The minimum absolute atomic E-state index is 0.234. The SMILES string of the molecule is CCC(C)(C)N(C)c1ccc(C=O)c(C(F)(F)F)c1. The first-order chi connectivity index (χ1) is 8.63. The first-order valence-corrected chi connectivity index (χ1v) is 6.03. The van der Waals surface area contributed by atoms with Gasteiger partial charge in [0.05, 0.1) is 5.56 Å². The summed E-state index contributed by atoms with van der Waals surface area (Å²) >= 11 is 0. The van der Waals surface area contributed by atoms with E-state index >= 15 is 0 Å². The highest BCUT2D eigenvalue weighted by Crippen LogP contribution is 2.35. The van der Waals surface area contributed by atoms with Gasteiger partial charge in [-0.2, -0.15) is 13.2 Å². The molecule has 0 aliphatic rings. The van der Waals surface area contributed by atoms with Crippen LogP contribution in [0, 0.1) is 0 Å². The van der Waals surface area contributed by atoms with E-state index in [2.05, 4.69) is 0 Å². The van der Waals surface area contributed by atoms with Crippen molar-refractivity contribution in [2.24, 2.45) is 0 Å². The summed E-state index contributed by atoms with van der Waals surface area (Å²) in [6.07, 6.45) is -3.50. The third kappa shape index (κ3) is 3.28. The highest BCUT2D eigenvalue weighted by molar-refractivity contribution is 5.79. The molecule has 0 aliphatic carbocycles. The third-order valence-electron chi connectivity index (χ3n) is 3.63. The van der Waals surface area contributed by atoms with E-state index in [0.717, 1.165) is 12.5 Å². The fraction of sp³-hybridized carbons (Fsp3) is 0.500. The van der Waals surface area contributed by atoms with Crippen molar-refractivity contribution in [2.75, 3.05) is 11.9 Å². The van der Waals surface area contributed by atoms with E-state index in [1.807, 2.05) is 20.8 Å². The lowest BCUT2D eigenvalue weighted by molar-refractivity contribution is -0.137. The zero-order valence-corrected chi connectivity index (χ0v) is 11.5. The molecule has 0 fully saturated rings. The maximum absolute atomic E-state index is 12.9. The van der Waals surface area contributed by atoms with Crippen molar-refractivity contribution in [2.45, 2.75) is 38.9 Å². The molecule has 0 saturated heterocycles. The van der Waals surface area contributed by atoms with Gasteiger partial charge >= 0.3 is 6.18 Å². The van der Waals surface area contributed by atoms with E-state index in [1.165, 1.54) is 12.1 Å².